The third-order valence-corrected chi connectivity index (χ3v) is 2.89. The number of hydrogen-bond acceptors (Lipinski definition) is 3. The van der Waals surface area contributed by atoms with Crippen LogP contribution in [0.15, 0.2) is 42.5 Å². The zero-order chi connectivity index (χ0) is 14.7. The molecule has 0 aliphatic heterocycles. The summed E-state index contributed by atoms with van der Waals surface area (Å²) in [6, 6.07) is 11.3. The lowest BCUT2D eigenvalue weighted by Gasteiger charge is -2.17. The number of nitrogens with two attached hydrogens (primary N) is 1. The van der Waals surface area contributed by atoms with Gasteiger partial charge in [-0.15, -0.1) is 0 Å². The second-order valence-corrected chi connectivity index (χ2v) is 4.60. The molecule has 5 heteroatoms. The molecule has 0 aromatic heterocycles. The number of halogens is 1. The number of carbonyl (C=O) groups is 1. The van der Waals surface area contributed by atoms with Crippen molar-refractivity contribution in [3.63, 3.8) is 0 Å². The number of rotatable bonds is 3. The van der Waals surface area contributed by atoms with Gasteiger partial charge >= 0.3 is 0 Å². The van der Waals surface area contributed by atoms with Gasteiger partial charge in [0.1, 0.15) is 5.82 Å². The summed E-state index contributed by atoms with van der Waals surface area (Å²) in [5, 5.41) is 2.80. The number of anilines is 3. The van der Waals surface area contributed by atoms with Gasteiger partial charge in [-0.25, -0.2) is 4.39 Å². The highest BCUT2D eigenvalue weighted by molar-refractivity contribution is 6.06. The summed E-state index contributed by atoms with van der Waals surface area (Å²) in [7, 11) is 3.78. The zero-order valence-electron chi connectivity index (χ0n) is 11.4. The molecule has 0 aliphatic rings. The highest BCUT2D eigenvalue weighted by Crippen LogP contribution is 2.24. The summed E-state index contributed by atoms with van der Waals surface area (Å²) < 4.78 is 13.1. The Morgan fingerprint density at radius 2 is 1.90 bits per heavy atom. The quantitative estimate of drug-likeness (QED) is 0.845. The highest BCUT2D eigenvalue weighted by atomic mass is 19.1. The SMILES string of the molecule is CN(C)c1ccccc1NC(=O)c1ccc(F)c(N)c1. The number of amides is 1. The van der Waals surface area contributed by atoms with Crippen molar-refractivity contribution in [3.05, 3.63) is 53.8 Å². The van der Waals surface area contributed by atoms with Gasteiger partial charge in [-0.1, -0.05) is 12.1 Å². The highest BCUT2D eigenvalue weighted by Gasteiger charge is 2.11. The topological polar surface area (TPSA) is 58.4 Å². The fourth-order valence-corrected chi connectivity index (χ4v) is 1.85. The minimum Gasteiger partial charge on any atom is -0.396 e. The van der Waals surface area contributed by atoms with Crippen molar-refractivity contribution in [2.24, 2.45) is 0 Å². The van der Waals surface area contributed by atoms with Gasteiger partial charge in [0.15, 0.2) is 0 Å². The molecule has 104 valence electrons. The number of nitrogens with one attached hydrogen (secondary N) is 1. The Hall–Kier alpha value is -2.56. The lowest BCUT2D eigenvalue weighted by Crippen LogP contribution is -2.16. The largest absolute Gasteiger partial charge is 0.396 e. The molecule has 2 aromatic rings. The van der Waals surface area contributed by atoms with E-state index in [0.29, 0.717) is 11.3 Å². The van der Waals surface area contributed by atoms with E-state index in [2.05, 4.69) is 5.32 Å². The molecular weight excluding hydrogens is 257 g/mol. The monoisotopic (exact) mass is 273 g/mol. The Labute approximate surface area is 117 Å². The molecule has 2 rings (SSSR count). The Balaban J connectivity index is 2.26. The van der Waals surface area contributed by atoms with E-state index in [0.717, 1.165) is 5.69 Å². The molecule has 0 spiro atoms. The first kappa shape index (κ1) is 13.9. The minimum absolute atomic E-state index is 0.0430. The summed E-state index contributed by atoms with van der Waals surface area (Å²) in [6.45, 7) is 0. The van der Waals surface area contributed by atoms with Crippen molar-refractivity contribution in [2.45, 2.75) is 0 Å². The van der Waals surface area contributed by atoms with Gasteiger partial charge in [-0.2, -0.15) is 0 Å². The Morgan fingerprint density at radius 3 is 2.55 bits per heavy atom. The van der Waals surface area contributed by atoms with Crippen LogP contribution < -0.4 is 16.0 Å². The number of nitrogens with zero attached hydrogens (tertiary/aromatic N) is 1. The minimum atomic E-state index is -0.532. The summed E-state index contributed by atoms with van der Waals surface area (Å²) >= 11 is 0. The Morgan fingerprint density at radius 1 is 1.20 bits per heavy atom. The molecule has 0 aliphatic carbocycles. The van der Waals surface area contributed by atoms with E-state index >= 15 is 0 Å². The lowest BCUT2D eigenvalue weighted by molar-refractivity contribution is 0.102. The number of para-hydroxylation sites is 2. The maximum Gasteiger partial charge on any atom is 0.255 e. The van der Waals surface area contributed by atoms with Gasteiger partial charge in [-0.3, -0.25) is 4.79 Å². The van der Waals surface area contributed by atoms with Crippen molar-refractivity contribution in [1.82, 2.24) is 0 Å². The predicted molar refractivity (Wildman–Crippen MR) is 79.5 cm³/mol. The maximum absolute atomic E-state index is 13.1. The molecule has 0 atom stereocenters. The van der Waals surface area contributed by atoms with Gasteiger partial charge in [0.2, 0.25) is 0 Å². The maximum atomic E-state index is 13.1. The fourth-order valence-electron chi connectivity index (χ4n) is 1.85. The van der Waals surface area contributed by atoms with Crippen LogP contribution in [0.1, 0.15) is 10.4 Å². The van der Waals surface area contributed by atoms with Crippen LogP contribution >= 0.6 is 0 Å². The van der Waals surface area contributed by atoms with Gasteiger partial charge < -0.3 is 16.0 Å². The molecule has 0 saturated heterocycles. The third-order valence-electron chi connectivity index (χ3n) is 2.89. The van der Waals surface area contributed by atoms with Crippen LogP contribution in [0.3, 0.4) is 0 Å². The molecule has 3 N–H and O–H groups in total. The normalized spacial score (nSPS) is 10.2. The molecule has 0 saturated carbocycles. The van der Waals surface area contributed by atoms with E-state index in [1.807, 2.05) is 37.2 Å². The molecule has 0 bridgehead atoms. The molecule has 0 radical (unpaired) electrons. The summed E-state index contributed by atoms with van der Waals surface area (Å²) in [5.74, 6) is -0.860. The Kier molecular flexibility index (Phi) is 3.89. The van der Waals surface area contributed by atoms with Crippen molar-refractivity contribution in [3.8, 4) is 0 Å². The molecule has 4 nitrogen and oxygen atoms in total. The van der Waals surface area contributed by atoms with Gasteiger partial charge in [0, 0.05) is 19.7 Å². The average Bonchev–Trinajstić information content (AvgIpc) is 2.42. The van der Waals surface area contributed by atoms with Crippen molar-refractivity contribution in [1.29, 1.82) is 0 Å². The molecular formula is C15H16FN3O. The van der Waals surface area contributed by atoms with Crippen LogP contribution in [0.2, 0.25) is 0 Å². The van der Waals surface area contributed by atoms with Crippen LogP contribution in [0.5, 0.6) is 0 Å². The number of hydrogen-bond donors (Lipinski definition) is 2. The van der Waals surface area contributed by atoms with E-state index in [9.17, 15) is 9.18 Å². The Bertz CT molecular complexity index is 641. The van der Waals surface area contributed by atoms with Crippen molar-refractivity contribution < 1.29 is 9.18 Å². The van der Waals surface area contributed by atoms with E-state index < -0.39 is 5.82 Å². The first-order chi connectivity index (χ1) is 9.49. The molecule has 0 unspecified atom stereocenters. The van der Waals surface area contributed by atoms with Crippen molar-refractivity contribution in [2.75, 3.05) is 30.0 Å². The molecule has 20 heavy (non-hydrogen) atoms. The van der Waals surface area contributed by atoms with Crippen molar-refractivity contribution >= 4 is 23.0 Å². The van der Waals surface area contributed by atoms with Crippen LogP contribution in [0.4, 0.5) is 21.5 Å². The second kappa shape index (κ2) is 5.61. The summed E-state index contributed by atoms with van der Waals surface area (Å²) in [5.41, 5.74) is 7.31. The second-order valence-electron chi connectivity index (χ2n) is 4.60. The molecule has 1 amide bonds. The van der Waals surface area contributed by atoms with Crippen LogP contribution in [0.25, 0.3) is 0 Å². The standard InChI is InChI=1S/C15H16FN3O/c1-19(2)14-6-4-3-5-13(14)18-15(20)10-7-8-11(16)12(17)9-10/h3-9H,17H2,1-2H3,(H,18,20). The van der Waals surface area contributed by atoms with Gasteiger partial charge in [0.05, 0.1) is 17.1 Å². The van der Waals surface area contributed by atoms with E-state index in [-0.39, 0.29) is 11.6 Å². The third kappa shape index (κ3) is 2.88. The summed E-state index contributed by atoms with van der Waals surface area (Å²) in [4.78, 5) is 14.0. The number of nitrogen functional groups attached to an aromatic ring is 1. The van der Waals surface area contributed by atoms with E-state index in [1.165, 1.54) is 18.2 Å². The average molecular weight is 273 g/mol. The smallest absolute Gasteiger partial charge is 0.255 e. The number of carbonyl (C=O) groups excluding carboxylic acids is 1. The first-order valence-corrected chi connectivity index (χ1v) is 6.12. The molecule has 0 heterocycles. The predicted octanol–water partition coefficient (Wildman–Crippen LogP) is 2.73. The van der Waals surface area contributed by atoms with Crippen LogP contribution in [0, 0.1) is 5.82 Å². The summed E-state index contributed by atoms with van der Waals surface area (Å²) in [6.07, 6.45) is 0. The lowest BCUT2D eigenvalue weighted by atomic mass is 10.1. The first-order valence-electron chi connectivity index (χ1n) is 6.12. The molecule has 2 aromatic carbocycles. The fraction of sp³-hybridized carbons (Fsp3) is 0.133. The van der Waals surface area contributed by atoms with E-state index in [4.69, 9.17) is 5.73 Å². The van der Waals surface area contributed by atoms with Gasteiger partial charge in [0.25, 0.3) is 5.91 Å². The van der Waals surface area contributed by atoms with E-state index in [1.54, 1.807) is 6.07 Å². The molecule has 0 fully saturated rings. The van der Waals surface area contributed by atoms with Crippen LogP contribution in [-0.2, 0) is 0 Å². The number of benzene rings is 2. The van der Waals surface area contributed by atoms with Gasteiger partial charge in [-0.05, 0) is 30.3 Å². The van der Waals surface area contributed by atoms with Crippen LogP contribution in [-0.4, -0.2) is 20.0 Å². The zero-order valence-corrected chi connectivity index (χ0v) is 11.4.